The van der Waals surface area contributed by atoms with Crippen LogP contribution in [0.2, 0.25) is 0 Å². The highest BCUT2D eigenvalue weighted by atomic mass is 16.7. The number of rotatable bonds is 8. The summed E-state index contributed by atoms with van der Waals surface area (Å²) in [5, 5.41) is 58.0. The fourth-order valence-corrected chi connectivity index (χ4v) is 3.91. The zero-order valence-electron chi connectivity index (χ0n) is 18.9. The summed E-state index contributed by atoms with van der Waals surface area (Å²) in [5.41, 5.74) is 1.32. The van der Waals surface area contributed by atoms with Crippen molar-refractivity contribution in [3.8, 4) is 5.75 Å². The fraction of sp³-hybridized carbons (Fsp3) is 0.417. The van der Waals surface area contributed by atoms with Crippen LogP contribution in [0.5, 0.6) is 5.75 Å². The van der Waals surface area contributed by atoms with Crippen LogP contribution in [0.15, 0.2) is 53.1 Å². The molecule has 0 bridgehead atoms. The largest absolute Gasteiger partial charge is 0.508 e. The summed E-state index contributed by atoms with van der Waals surface area (Å²) in [4.78, 5) is 24.2. The van der Waals surface area contributed by atoms with Crippen molar-refractivity contribution < 1.29 is 54.4 Å². The first-order valence-electron chi connectivity index (χ1n) is 10.9. The predicted molar refractivity (Wildman–Crippen MR) is 120 cm³/mol. The van der Waals surface area contributed by atoms with Gasteiger partial charge in [0.25, 0.3) is 0 Å². The second-order valence-corrected chi connectivity index (χ2v) is 8.21. The second kappa shape index (κ2) is 11.6. The molecule has 1 aliphatic heterocycles. The molecule has 1 aromatic rings. The zero-order chi connectivity index (χ0) is 25.7. The van der Waals surface area contributed by atoms with Gasteiger partial charge in [0.15, 0.2) is 6.29 Å². The third-order valence-electron chi connectivity index (χ3n) is 5.74. The number of carbonyl (C=O) groups excluding carboxylic acids is 1. The zero-order valence-corrected chi connectivity index (χ0v) is 18.9. The summed E-state index contributed by atoms with van der Waals surface area (Å²) in [6.07, 6.45) is -3.99. The van der Waals surface area contributed by atoms with Crippen molar-refractivity contribution in [3.63, 3.8) is 0 Å². The van der Waals surface area contributed by atoms with Crippen LogP contribution in [0.4, 0.5) is 0 Å². The predicted octanol–water partition coefficient (Wildman–Crippen LogP) is -0.135. The van der Waals surface area contributed by atoms with Crippen molar-refractivity contribution in [2.75, 3.05) is 13.2 Å². The summed E-state index contributed by atoms with van der Waals surface area (Å²) >= 11 is 0. The number of carbonyl (C=O) groups is 2. The van der Waals surface area contributed by atoms with Crippen LogP contribution < -0.4 is 0 Å². The Kier molecular flexibility index (Phi) is 8.78. The van der Waals surface area contributed by atoms with Crippen LogP contribution in [0, 0.1) is 0 Å². The Hall–Kier alpha value is -3.06. The molecule has 11 nitrogen and oxygen atoms in total. The summed E-state index contributed by atoms with van der Waals surface area (Å²) in [5.74, 6) is -1.83. The van der Waals surface area contributed by atoms with E-state index in [2.05, 4.69) is 0 Å². The molecule has 0 amide bonds. The molecule has 190 valence electrons. The highest BCUT2D eigenvalue weighted by molar-refractivity contribution is 5.95. The molecule has 3 rings (SSSR count). The number of aliphatic hydroxyl groups excluding tert-OH is 4. The molecule has 6 N–H and O–H groups in total. The second-order valence-electron chi connectivity index (χ2n) is 8.21. The number of hydrogen-bond donors (Lipinski definition) is 6. The lowest BCUT2D eigenvalue weighted by atomic mass is 9.99. The molecule has 0 saturated carbocycles. The lowest BCUT2D eigenvalue weighted by molar-refractivity contribution is -0.298. The van der Waals surface area contributed by atoms with Crippen molar-refractivity contribution in [1.29, 1.82) is 0 Å². The van der Waals surface area contributed by atoms with Crippen LogP contribution in [0.25, 0.3) is 6.08 Å². The summed E-state index contributed by atoms with van der Waals surface area (Å²) in [6.45, 7) is 0.710. The van der Waals surface area contributed by atoms with Crippen molar-refractivity contribution in [2.45, 2.75) is 50.2 Å². The maximum absolute atomic E-state index is 12.4. The number of carboxylic acid groups (broad SMARTS) is 1. The first-order valence-corrected chi connectivity index (χ1v) is 10.9. The number of hydrogen-bond acceptors (Lipinski definition) is 10. The Bertz CT molecular complexity index is 1010. The molecule has 1 unspecified atom stereocenters. The summed E-state index contributed by atoms with van der Waals surface area (Å²) in [7, 11) is 0. The first-order chi connectivity index (χ1) is 16.6. The molecule has 0 aromatic heterocycles. The third kappa shape index (κ3) is 6.34. The Morgan fingerprint density at radius 2 is 1.80 bits per heavy atom. The molecule has 1 aliphatic carbocycles. The molecule has 1 aromatic carbocycles. The number of ether oxygens (including phenoxy) is 3. The molecule has 1 fully saturated rings. The van der Waals surface area contributed by atoms with E-state index in [9.17, 15) is 40.2 Å². The normalized spacial score (nSPS) is 30.3. The van der Waals surface area contributed by atoms with E-state index in [1.54, 1.807) is 19.1 Å². The Balaban J connectivity index is 1.69. The summed E-state index contributed by atoms with van der Waals surface area (Å²) < 4.78 is 16.1. The Morgan fingerprint density at radius 1 is 1.11 bits per heavy atom. The average Bonchev–Trinajstić information content (AvgIpc) is 3.13. The number of aliphatic hydroxyl groups is 4. The minimum absolute atomic E-state index is 0.0253. The van der Waals surface area contributed by atoms with Crippen LogP contribution in [-0.4, -0.2) is 92.6 Å². The monoisotopic (exact) mass is 492 g/mol. The molecule has 0 spiro atoms. The van der Waals surface area contributed by atoms with Gasteiger partial charge in [0, 0.05) is 18.1 Å². The number of esters is 1. The number of carboxylic acids is 1. The molecule has 1 saturated heterocycles. The van der Waals surface area contributed by atoms with Crippen LogP contribution in [-0.2, 0) is 23.8 Å². The third-order valence-corrected chi connectivity index (χ3v) is 5.74. The average molecular weight is 492 g/mol. The van der Waals surface area contributed by atoms with Gasteiger partial charge >= 0.3 is 11.9 Å². The maximum Gasteiger partial charge on any atom is 0.336 e. The van der Waals surface area contributed by atoms with E-state index in [1.807, 2.05) is 0 Å². The van der Waals surface area contributed by atoms with Gasteiger partial charge in [-0.1, -0.05) is 23.8 Å². The lowest BCUT2D eigenvalue weighted by Gasteiger charge is -2.39. The molecule has 11 heteroatoms. The highest BCUT2D eigenvalue weighted by Crippen LogP contribution is 2.34. The van der Waals surface area contributed by atoms with Crippen molar-refractivity contribution in [1.82, 2.24) is 0 Å². The van der Waals surface area contributed by atoms with Crippen LogP contribution >= 0.6 is 0 Å². The minimum atomic E-state index is -1.61. The van der Waals surface area contributed by atoms with E-state index in [0.717, 1.165) is 0 Å². The van der Waals surface area contributed by atoms with Crippen molar-refractivity contribution in [3.05, 3.63) is 58.7 Å². The van der Waals surface area contributed by atoms with E-state index in [1.165, 1.54) is 30.4 Å². The van der Waals surface area contributed by atoms with Gasteiger partial charge in [-0.05, 0) is 30.7 Å². The number of benzene rings is 1. The van der Waals surface area contributed by atoms with E-state index >= 15 is 0 Å². The molecular formula is C24H28O11. The van der Waals surface area contributed by atoms with Gasteiger partial charge in [-0.3, -0.25) is 0 Å². The highest BCUT2D eigenvalue weighted by Gasteiger charge is 2.44. The fourth-order valence-electron chi connectivity index (χ4n) is 3.91. The van der Waals surface area contributed by atoms with Crippen LogP contribution in [0.3, 0.4) is 0 Å². The standard InChI is InChI=1S/C24H28O11/c1-12-10-16(34-18(27)7-4-13-2-5-14(26)6-3-13)15(19(12)23(31)32)8-9-33-24-22(30)21(29)20(28)17(11-25)35-24/h2-8,16-17,20-22,24-26,28-30H,9-11H2,1H3,(H,31,32)/t16?,17-,20-,21+,22-,24-/m1/s1. The van der Waals surface area contributed by atoms with Gasteiger partial charge < -0.3 is 44.8 Å². The Morgan fingerprint density at radius 3 is 2.43 bits per heavy atom. The topological polar surface area (TPSA) is 183 Å². The minimum Gasteiger partial charge on any atom is -0.508 e. The van der Waals surface area contributed by atoms with Crippen LogP contribution in [0.1, 0.15) is 18.9 Å². The number of phenols is 1. The molecule has 2 aliphatic rings. The quantitative estimate of drug-likeness (QED) is 0.210. The van der Waals surface area contributed by atoms with Gasteiger partial charge in [0.05, 0.1) is 18.8 Å². The maximum atomic E-state index is 12.4. The first kappa shape index (κ1) is 26.5. The molecule has 35 heavy (non-hydrogen) atoms. The smallest absolute Gasteiger partial charge is 0.336 e. The van der Waals surface area contributed by atoms with Crippen molar-refractivity contribution in [2.24, 2.45) is 0 Å². The lowest BCUT2D eigenvalue weighted by Crippen LogP contribution is -2.59. The SMILES string of the molecule is CC1=C(C(=O)O)C(=CCO[C@@H]2O[C@H](CO)[C@@H](O)[C@H](O)[C@H]2O)C(OC(=O)C=Cc2ccc(O)cc2)C1. The molecule has 1 heterocycles. The number of aliphatic carboxylic acids is 1. The van der Waals surface area contributed by atoms with Gasteiger partial charge in [-0.2, -0.15) is 0 Å². The van der Waals surface area contributed by atoms with E-state index < -0.39 is 55.4 Å². The molecule has 6 atom stereocenters. The van der Waals surface area contributed by atoms with E-state index in [0.29, 0.717) is 11.1 Å². The van der Waals surface area contributed by atoms with Gasteiger partial charge in [0.2, 0.25) is 0 Å². The van der Waals surface area contributed by atoms with E-state index in [-0.39, 0.29) is 29.9 Å². The van der Waals surface area contributed by atoms with E-state index in [4.69, 9.17) is 14.2 Å². The van der Waals surface area contributed by atoms with Crippen molar-refractivity contribution >= 4 is 18.0 Å². The van der Waals surface area contributed by atoms with Gasteiger partial charge in [0.1, 0.15) is 36.3 Å². The van der Waals surface area contributed by atoms with Gasteiger partial charge in [-0.25, -0.2) is 9.59 Å². The molecule has 0 radical (unpaired) electrons. The number of phenolic OH excluding ortho intramolecular Hbond substituents is 1. The number of aromatic hydroxyl groups is 1. The summed E-state index contributed by atoms with van der Waals surface area (Å²) in [6, 6.07) is 6.13. The van der Waals surface area contributed by atoms with Gasteiger partial charge in [-0.15, -0.1) is 0 Å². The molecular weight excluding hydrogens is 464 g/mol. The Labute approximate surface area is 200 Å².